The number of rotatable bonds is 5. The van der Waals surface area contributed by atoms with Crippen molar-refractivity contribution < 1.29 is 21.9 Å². The second kappa shape index (κ2) is 9.03. The third-order valence-corrected chi connectivity index (χ3v) is 0.851. The first-order valence-corrected chi connectivity index (χ1v) is 3.06. The summed E-state index contributed by atoms with van der Waals surface area (Å²) in [5, 5.41) is 0. The molecule has 0 radical (unpaired) electrons. The van der Waals surface area contributed by atoms with E-state index in [1.54, 1.807) is 6.92 Å². The molecule has 0 heterocycles. The molecule has 0 aliphatic rings. The van der Waals surface area contributed by atoms with Crippen LogP contribution in [0.4, 0.5) is 0 Å². The molecule has 0 aromatic carbocycles. The molecule has 0 saturated heterocycles. The van der Waals surface area contributed by atoms with Gasteiger partial charge in [-0.05, 0) is 6.92 Å². The van der Waals surface area contributed by atoms with Crippen LogP contribution in [0.5, 0.6) is 0 Å². The average Bonchev–Trinajstić information content (AvgIpc) is 1.97. The fourth-order valence-corrected chi connectivity index (χ4v) is 0.354. The van der Waals surface area contributed by atoms with Crippen LogP contribution in [0.2, 0.25) is 0 Å². The molecule has 0 aromatic rings. The van der Waals surface area contributed by atoms with Crippen LogP contribution < -0.4 is 0 Å². The van der Waals surface area contributed by atoms with E-state index >= 15 is 0 Å². The zero-order valence-corrected chi connectivity index (χ0v) is 9.25. The SMILES string of the molecule is C=C(C)C(=O)OCCOC=O.[Ca+2].[H-].[H-]. The van der Waals surface area contributed by atoms with E-state index in [9.17, 15) is 9.59 Å². The van der Waals surface area contributed by atoms with Crippen molar-refractivity contribution in [2.45, 2.75) is 6.92 Å². The van der Waals surface area contributed by atoms with Gasteiger partial charge in [0, 0.05) is 5.57 Å². The van der Waals surface area contributed by atoms with E-state index in [0.29, 0.717) is 12.0 Å². The maximum atomic E-state index is 10.6. The largest absolute Gasteiger partial charge is 2.00 e. The Hall–Kier alpha value is -0.0603. The summed E-state index contributed by atoms with van der Waals surface area (Å²) in [5.74, 6) is -0.473. The number of carbonyl (C=O) groups excluding carboxylic acids is 2. The van der Waals surface area contributed by atoms with Crippen molar-refractivity contribution in [2.24, 2.45) is 0 Å². The van der Waals surface area contributed by atoms with Crippen LogP contribution in [0, 0.1) is 0 Å². The maximum absolute atomic E-state index is 10.6. The first-order valence-electron chi connectivity index (χ1n) is 3.06. The van der Waals surface area contributed by atoms with E-state index in [1.165, 1.54) is 0 Å². The first kappa shape index (κ1) is 14.5. The Morgan fingerprint density at radius 1 is 1.58 bits per heavy atom. The fourth-order valence-electron chi connectivity index (χ4n) is 0.354. The molecule has 0 aromatic heterocycles. The van der Waals surface area contributed by atoms with Crippen molar-refractivity contribution in [3.05, 3.63) is 12.2 Å². The van der Waals surface area contributed by atoms with Gasteiger partial charge in [0.25, 0.3) is 6.47 Å². The molecule has 0 fully saturated rings. The van der Waals surface area contributed by atoms with E-state index < -0.39 is 5.97 Å². The summed E-state index contributed by atoms with van der Waals surface area (Å²) in [6, 6.07) is 0. The normalized spacial score (nSPS) is 7.75. The molecule has 0 aliphatic carbocycles. The van der Waals surface area contributed by atoms with Crippen molar-refractivity contribution in [1.82, 2.24) is 0 Å². The van der Waals surface area contributed by atoms with Crippen LogP contribution in [-0.4, -0.2) is 63.4 Å². The third kappa shape index (κ3) is 8.04. The Balaban J connectivity index is -0.000000167. The van der Waals surface area contributed by atoms with Gasteiger partial charge in [0.2, 0.25) is 0 Å². The number of hydrogen-bond acceptors (Lipinski definition) is 4. The average molecular weight is 200 g/mol. The van der Waals surface area contributed by atoms with Crippen LogP contribution in [0.25, 0.3) is 0 Å². The Morgan fingerprint density at radius 3 is 2.58 bits per heavy atom. The van der Waals surface area contributed by atoms with Gasteiger partial charge in [-0.25, -0.2) is 4.79 Å². The van der Waals surface area contributed by atoms with Crippen LogP contribution in [-0.2, 0) is 19.1 Å². The van der Waals surface area contributed by atoms with Crippen molar-refractivity contribution in [1.29, 1.82) is 0 Å². The summed E-state index contributed by atoms with van der Waals surface area (Å²) in [7, 11) is 0. The second-order valence-electron chi connectivity index (χ2n) is 1.88. The molecule has 0 aliphatic heterocycles. The minimum atomic E-state index is -0.473. The van der Waals surface area contributed by atoms with Gasteiger partial charge in [0.05, 0.1) is 0 Å². The molecule has 0 unspecified atom stereocenters. The molecule has 0 bridgehead atoms. The van der Waals surface area contributed by atoms with E-state index in [4.69, 9.17) is 0 Å². The van der Waals surface area contributed by atoms with E-state index in [2.05, 4.69) is 16.1 Å². The molecule has 0 saturated carbocycles. The summed E-state index contributed by atoms with van der Waals surface area (Å²) in [6.45, 7) is 5.37. The van der Waals surface area contributed by atoms with Crippen LogP contribution >= 0.6 is 0 Å². The second-order valence-corrected chi connectivity index (χ2v) is 1.88. The number of carbonyl (C=O) groups is 2. The van der Waals surface area contributed by atoms with E-state index in [-0.39, 0.29) is 53.8 Å². The van der Waals surface area contributed by atoms with Crippen molar-refractivity contribution >= 4 is 50.2 Å². The van der Waals surface area contributed by atoms with Gasteiger partial charge < -0.3 is 12.3 Å². The molecule has 66 valence electrons. The van der Waals surface area contributed by atoms with Crippen molar-refractivity contribution in [3.8, 4) is 0 Å². The predicted molar refractivity (Wildman–Crippen MR) is 45.8 cm³/mol. The summed E-state index contributed by atoms with van der Waals surface area (Å²) in [4.78, 5) is 20.2. The molecule has 5 heteroatoms. The van der Waals surface area contributed by atoms with E-state index in [0.717, 1.165) is 0 Å². The smallest absolute Gasteiger partial charge is 1.00 e. The standard InChI is InChI=1S/C7H10O4.Ca.2H/c1-6(2)7(9)11-4-3-10-5-8;;;/h5H,1,3-4H2,2H3;;;/q;+2;2*-1. The quantitative estimate of drug-likeness (QED) is 0.208. The van der Waals surface area contributed by atoms with Gasteiger partial charge in [0.15, 0.2) is 0 Å². The Kier molecular flexibility index (Phi) is 10.9. The third-order valence-electron chi connectivity index (χ3n) is 0.851. The first-order chi connectivity index (χ1) is 5.18. The number of esters is 1. The summed E-state index contributed by atoms with van der Waals surface area (Å²) >= 11 is 0. The number of hydrogen-bond donors (Lipinski definition) is 0. The molecule has 0 rings (SSSR count). The molecule has 0 N–H and O–H groups in total. The van der Waals surface area contributed by atoms with Gasteiger partial charge in [-0.1, -0.05) is 6.58 Å². The molecule has 0 spiro atoms. The van der Waals surface area contributed by atoms with Gasteiger partial charge in [0.1, 0.15) is 13.2 Å². The van der Waals surface area contributed by atoms with Crippen LogP contribution in [0.15, 0.2) is 12.2 Å². The fraction of sp³-hybridized carbons (Fsp3) is 0.429. The van der Waals surface area contributed by atoms with Crippen molar-refractivity contribution in [2.75, 3.05) is 13.2 Å². The monoisotopic (exact) mass is 200 g/mol. The minimum Gasteiger partial charge on any atom is -1.00 e. The van der Waals surface area contributed by atoms with Gasteiger partial charge in [-0.3, -0.25) is 4.79 Å². The Morgan fingerprint density at radius 2 is 2.17 bits per heavy atom. The number of ether oxygens (including phenoxy) is 2. The van der Waals surface area contributed by atoms with E-state index in [1.807, 2.05) is 0 Å². The topological polar surface area (TPSA) is 52.6 Å². The van der Waals surface area contributed by atoms with Gasteiger partial charge >= 0.3 is 43.7 Å². The maximum Gasteiger partial charge on any atom is 2.00 e. The van der Waals surface area contributed by atoms with Gasteiger partial charge in [-0.2, -0.15) is 0 Å². The van der Waals surface area contributed by atoms with Crippen LogP contribution in [0.3, 0.4) is 0 Å². The minimum absolute atomic E-state index is 0. The summed E-state index contributed by atoms with van der Waals surface area (Å²) < 4.78 is 8.86. The molecule has 4 nitrogen and oxygen atoms in total. The molecule has 0 amide bonds. The van der Waals surface area contributed by atoms with Crippen LogP contribution in [0.1, 0.15) is 9.78 Å². The zero-order valence-electron chi connectivity index (χ0n) is 9.04. The summed E-state index contributed by atoms with van der Waals surface area (Å²) in [6.07, 6.45) is 0. The van der Waals surface area contributed by atoms with Crippen molar-refractivity contribution in [3.63, 3.8) is 0 Å². The Bertz CT molecular complexity index is 175. The predicted octanol–water partition coefficient (Wildman–Crippen LogP) is 0.123. The molecular weight excluding hydrogens is 188 g/mol. The molecule has 12 heavy (non-hydrogen) atoms. The Labute approximate surface area is 104 Å². The summed E-state index contributed by atoms with van der Waals surface area (Å²) in [5.41, 5.74) is 0.330. The zero-order chi connectivity index (χ0) is 8.69. The molecular formula is C7H12CaO4. The molecule has 0 atom stereocenters. The van der Waals surface area contributed by atoms with Gasteiger partial charge in [-0.15, -0.1) is 0 Å².